The number of hydrogen-bond donors (Lipinski definition) is 2. The Morgan fingerprint density at radius 3 is 2.94 bits per heavy atom. The average molecular weight is 427 g/mol. The molecule has 0 radical (unpaired) electrons. The number of nitrogens with zero attached hydrogens (tertiary/aromatic N) is 2. The first-order valence-corrected chi connectivity index (χ1v) is 11.1. The quantitative estimate of drug-likeness (QED) is 0.347. The van der Waals surface area contributed by atoms with Gasteiger partial charge in [-0.3, -0.25) is 9.79 Å². The van der Waals surface area contributed by atoms with Gasteiger partial charge in [-0.15, -0.1) is 0 Å². The molecule has 0 amide bonds. The molecule has 3 rings (SSSR count). The third kappa shape index (κ3) is 7.43. The van der Waals surface area contributed by atoms with Gasteiger partial charge in [-0.05, 0) is 43.9 Å². The number of ether oxygens (including phenoxy) is 2. The summed E-state index contributed by atoms with van der Waals surface area (Å²) in [5, 5.41) is 6.71. The third-order valence-electron chi connectivity index (χ3n) is 5.41. The standard InChI is InChI=1S/C24H34N4O3/c1-19-8-9-21(22(15-19)31-18-20-10-14-30-17-20)16-27-24(25-2)26-11-4-6-13-28-12-5-3-7-23(28)29/h3,5,7-9,12,15,20H,4,6,10-11,13-14,16-18H2,1-2H3,(H2,25,26,27). The van der Waals surface area contributed by atoms with Crippen LogP contribution in [0.5, 0.6) is 5.75 Å². The molecule has 0 aliphatic carbocycles. The lowest BCUT2D eigenvalue weighted by Crippen LogP contribution is -2.37. The topological polar surface area (TPSA) is 76.9 Å². The van der Waals surface area contributed by atoms with Crippen LogP contribution in [-0.4, -0.2) is 43.9 Å². The van der Waals surface area contributed by atoms with E-state index in [9.17, 15) is 4.79 Å². The van der Waals surface area contributed by atoms with E-state index in [0.717, 1.165) is 62.8 Å². The van der Waals surface area contributed by atoms with Crippen molar-refractivity contribution >= 4 is 5.96 Å². The van der Waals surface area contributed by atoms with Crippen LogP contribution in [0, 0.1) is 12.8 Å². The number of hydrogen-bond acceptors (Lipinski definition) is 4. The minimum absolute atomic E-state index is 0.0458. The molecule has 1 aromatic carbocycles. The van der Waals surface area contributed by atoms with Crippen LogP contribution in [0.3, 0.4) is 0 Å². The van der Waals surface area contributed by atoms with Gasteiger partial charge >= 0.3 is 0 Å². The molecule has 1 atom stereocenters. The molecule has 7 nitrogen and oxygen atoms in total. The Bertz CT molecular complexity index is 904. The van der Waals surface area contributed by atoms with Crippen molar-refractivity contribution in [2.45, 2.75) is 39.3 Å². The molecule has 0 saturated carbocycles. The van der Waals surface area contributed by atoms with Gasteiger partial charge in [0.15, 0.2) is 5.96 Å². The SMILES string of the molecule is CN=C(NCCCCn1ccccc1=O)NCc1ccc(C)cc1OCC1CCOC1. The monoisotopic (exact) mass is 426 g/mol. The Kier molecular flexibility index (Phi) is 8.97. The summed E-state index contributed by atoms with van der Waals surface area (Å²) in [6, 6.07) is 11.5. The summed E-state index contributed by atoms with van der Waals surface area (Å²) in [6.07, 6.45) is 4.77. The van der Waals surface area contributed by atoms with Crippen molar-refractivity contribution in [1.82, 2.24) is 15.2 Å². The van der Waals surface area contributed by atoms with Crippen molar-refractivity contribution in [3.05, 3.63) is 64.1 Å². The molecule has 168 valence electrons. The van der Waals surface area contributed by atoms with Gasteiger partial charge in [0.25, 0.3) is 0 Å². The van der Waals surface area contributed by atoms with E-state index >= 15 is 0 Å². The fraction of sp³-hybridized carbons (Fsp3) is 0.500. The summed E-state index contributed by atoms with van der Waals surface area (Å²) in [7, 11) is 1.77. The van der Waals surface area contributed by atoms with E-state index in [1.165, 1.54) is 5.56 Å². The second-order valence-electron chi connectivity index (χ2n) is 7.94. The first-order chi connectivity index (χ1) is 15.2. The summed E-state index contributed by atoms with van der Waals surface area (Å²) < 4.78 is 13.3. The number of unbranched alkanes of at least 4 members (excludes halogenated alkanes) is 1. The number of pyridine rings is 1. The first-order valence-electron chi connectivity index (χ1n) is 11.1. The molecule has 1 saturated heterocycles. The minimum Gasteiger partial charge on any atom is -0.493 e. The summed E-state index contributed by atoms with van der Waals surface area (Å²) in [6.45, 7) is 6.54. The van der Waals surface area contributed by atoms with Crippen LogP contribution >= 0.6 is 0 Å². The van der Waals surface area contributed by atoms with Crippen molar-refractivity contribution in [2.75, 3.05) is 33.4 Å². The van der Waals surface area contributed by atoms with Crippen LogP contribution in [-0.2, 0) is 17.8 Å². The Hall–Kier alpha value is -2.80. The van der Waals surface area contributed by atoms with Crippen molar-refractivity contribution in [2.24, 2.45) is 10.9 Å². The molecule has 1 unspecified atom stereocenters. The smallest absolute Gasteiger partial charge is 0.250 e. The lowest BCUT2D eigenvalue weighted by molar-refractivity contribution is 0.166. The van der Waals surface area contributed by atoms with Crippen molar-refractivity contribution < 1.29 is 9.47 Å². The van der Waals surface area contributed by atoms with Gasteiger partial charge in [0, 0.05) is 57.0 Å². The van der Waals surface area contributed by atoms with Crippen LogP contribution in [0.4, 0.5) is 0 Å². The van der Waals surface area contributed by atoms with Gasteiger partial charge < -0.3 is 24.7 Å². The molecular formula is C24H34N4O3. The highest BCUT2D eigenvalue weighted by atomic mass is 16.5. The molecule has 0 bridgehead atoms. The summed E-state index contributed by atoms with van der Waals surface area (Å²) in [5.74, 6) is 2.15. The number of nitrogens with one attached hydrogen (secondary N) is 2. The number of aliphatic imine (C=N–C) groups is 1. The Morgan fingerprint density at radius 2 is 2.16 bits per heavy atom. The molecule has 1 aliphatic rings. The Balaban J connectivity index is 1.42. The number of rotatable bonds is 10. The van der Waals surface area contributed by atoms with Crippen LogP contribution < -0.4 is 20.9 Å². The van der Waals surface area contributed by atoms with Gasteiger partial charge in [-0.1, -0.05) is 18.2 Å². The fourth-order valence-electron chi connectivity index (χ4n) is 3.52. The molecule has 1 aliphatic heterocycles. The minimum atomic E-state index is 0.0458. The number of benzene rings is 1. The van der Waals surface area contributed by atoms with Crippen molar-refractivity contribution in [3.8, 4) is 5.75 Å². The van der Waals surface area contributed by atoms with Gasteiger partial charge in [0.1, 0.15) is 5.75 Å². The lowest BCUT2D eigenvalue weighted by Gasteiger charge is -2.17. The molecule has 1 aromatic heterocycles. The van der Waals surface area contributed by atoms with Gasteiger partial charge in [-0.25, -0.2) is 0 Å². The molecule has 1 fully saturated rings. The fourth-order valence-corrected chi connectivity index (χ4v) is 3.52. The van der Waals surface area contributed by atoms with Gasteiger partial charge in [0.2, 0.25) is 5.56 Å². The summed E-state index contributed by atoms with van der Waals surface area (Å²) in [4.78, 5) is 16.0. The van der Waals surface area contributed by atoms with Crippen LogP contribution in [0.15, 0.2) is 52.4 Å². The maximum Gasteiger partial charge on any atom is 0.250 e. The lowest BCUT2D eigenvalue weighted by atomic mass is 10.1. The zero-order valence-electron chi connectivity index (χ0n) is 18.6. The van der Waals surface area contributed by atoms with Gasteiger partial charge in [0.05, 0.1) is 13.2 Å². The second-order valence-corrected chi connectivity index (χ2v) is 7.94. The molecule has 7 heteroatoms. The average Bonchev–Trinajstić information content (AvgIpc) is 3.30. The molecule has 31 heavy (non-hydrogen) atoms. The van der Waals surface area contributed by atoms with Crippen molar-refractivity contribution in [1.29, 1.82) is 0 Å². The predicted molar refractivity (Wildman–Crippen MR) is 124 cm³/mol. The van der Waals surface area contributed by atoms with E-state index in [1.807, 2.05) is 12.3 Å². The number of aromatic nitrogens is 1. The summed E-state index contributed by atoms with van der Waals surface area (Å²) >= 11 is 0. The largest absolute Gasteiger partial charge is 0.493 e. The summed E-state index contributed by atoms with van der Waals surface area (Å²) in [5.41, 5.74) is 2.34. The Morgan fingerprint density at radius 1 is 1.26 bits per heavy atom. The van der Waals surface area contributed by atoms with Crippen molar-refractivity contribution in [3.63, 3.8) is 0 Å². The highest BCUT2D eigenvalue weighted by Gasteiger charge is 2.17. The molecule has 2 N–H and O–H groups in total. The molecule has 2 heterocycles. The number of aryl methyl sites for hydroxylation is 2. The first kappa shape index (κ1) is 22.9. The van der Waals surface area contributed by atoms with Crippen LogP contribution in [0.2, 0.25) is 0 Å². The highest BCUT2D eigenvalue weighted by molar-refractivity contribution is 5.79. The normalized spacial score (nSPS) is 16.3. The molecule has 0 spiro atoms. The zero-order valence-corrected chi connectivity index (χ0v) is 18.6. The Labute approximate surface area is 184 Å². The molecule has 2 aromatic rings. The number of guanidine groups is 1. The zero-order chi connectivity index (χ0) is 21.9. The van der Waals surface area contributed by atoms with Gasteiger partial charge in [-0.2, -0.15) is 0 Å². The van der Waals surface area contributed by atoms with Crippen LogP contribution in [0.1, 0.15) is 30.4 Å². The maximum atomic E-state index is 11.7. The van der Waals surface area contributed by atoms with Crippen LogP contribution in [0.25, 0.3) is 0 Å². The third-order valence-corrected chi connectivity index (χ3v) is 5.41. The van der Waals surface area contributed by atoms with E-state index in [1.54, 1.807) is 23.7 Å². The predicted octanol–water partition coefficient (Wildman–Crippen LogP) is 2.72. The van der Waals surface area contributed by atoms with E-state index in [4.69, 9.17) is 9.47 Å². The maximum absolute atomic E-state index is 11.7. The molecular weight excluding hydrogens is 392 g/mol. The van der Waals surface area contributed by atoms with E-state index in [-0.39, 0.29) is 5.56 Å². The van der Waals surface area contributed by atoms with E-state index in [0.29, 0.717) is 19.1 Å². The van der Waals surface area contributed by atoms with E-state index < -0.39 is 0 Å². The van der Waals surface area contributed by atoms with E-state index in [2.05, 4.69) is 40.7 Å². The second kappa shape index (κ2) is 12.2. The highest BCUT2D eigenvalue weighted by Crippen LogP contribution is 2.22.